The molecule has 3 rings (SSSR count). The van der Waals surface area contributed by atoms with Crippen molar-refractivity contribution in [3.05, 3.63) is 0 Å². The molecule has 0 spiro atoms. The van der Waals surface area contributed by atoms with Crippen LogP contribution >= 0.6 is 0 Å². The van der Waals surface area contributed by atoms with E-state index in [-0.39, 0.29) is 0 Å². The van der Waals surface area contributed by atoms with Gasteiger partial charge in [0.1, 0.15) is 0 Å². The third-order valence-corrected chi connectivity index (χ3v) is 4.74. The summed E-state index contributed by atoms with van der Waals surface area (Å²) < 4.78 is 0. The Morgan fingerprint density at radius 3 is 1.67 bits per heavy atom. The summed E-state index contributed by atoms with van der Waals surface area (Å²) in [6.07, 6.45) is 5.93. The SMILES string of the molecule is CC(C)(C)N1CC(N2C3CCC2CC3)C1. The highest BCUT2D eigenvalue weighted by Crippen LogP contribution is 2.41. The van der Waals surface area contributed by atoms with Crippen LogP contribution in [0.1, 0.15) is 46.5 Å². The molecule has 0 aromatic carbocycles. The lowest BCUT2D eigenvalue weighted by Crippen LogP contribution is -2.65. The molecule has 0 saturated carbocycles. The van der Waals surface area contributed by atoms with Gasteiger partial charge in [0, 0.05) is 36.8 Å². The minimum absolute atomic E-state index is 0.384. The van der Waals surface area contributed by atoms with Crippen molar-refractivity contribution in [3.8, 4) is 0 Å². The molecule has 2 bridgehead atoms. The Labute approximate surface area is 93.6 Å². The van der Waals surface area contributed by atoms with Crippen LogP contribution in [0, 0.1) is 0 Å². The second-order valence-electron chi connectivity index (χ2n) is 6.64. The third kappa shape index (κ3) is 1.53. The largest absolute Gasteiger partial charge is 0.295 e. The van der Waals surface area contributed by atoms with Gasteiger partial charge in [0.25, 0.3) is 0 Å². The molecule has 3 aliphatic heterocycles. The summed E-state index contributed by atoms with van der Waals surface area (Å²) in [5.74, 6) is 0. The van der Waals surface area contributed by atoms with Crippen molar-refractivity contribution < 1.29 is 0 Å². The van der Waals surface area contributed by atoms with Gasteiger partial charge in [-0.15, -0.1) is 0 Å². The Kier molecular flexibility index (Phi) is 2.16. The van der Waals surface area contributed by atoms with Crippen molar-refractivity contribution in [1.82, 2.24) is 9.80 Å². The van der Waals surface area contributed by atoms with Gasteiger partial charge in [-0.2, -0.15) is 0 Å². The molecule has 0 amide bonds. The number of likely N-dealkylation sites (tertiary alicyclic amines) is 1. The Morgan fingerprint density at radius 2 is 1.27 bits per heavy atom. The number of fused-ring (bicyclic) bond motifs is 2. The van der Waals surface area contributed by atoms with Crippen LogP contribution in [-0.2, 0) is 0 Å². The van der Waals surface area contributed by atoms with Crippen LogP contribution in [0.4, 0.5) is 0 Å². The summed E-state index contributed by atoms with van der Waals surface area (Å²) in [5, 5.41) is 0. The van der Waals surface area contributed by atoms with Crippen LogP contribution in [-0.4, -0.2) is 46.6 Å². The molecule has 0 unspecified atom stereocenters. The van der Waals surface area contributed by atoms with E-state index in [9.17, 15) is 0 Å². The zero-order valence-corrected chi connectivity index (χ0v) is 10.4. The molecule has 0 N–H and O–H groups in total. The molecule has 2 heteroatoms. The Morgan fingerprint density at radius 1 is 0.800 bits per heavy atom. The van der Waals surface area contributed by atoms with Crippen molar-refractivity contribution in [3.63, 3.8) is 0 Å². The minimum atomic E-state index is 0.384. The highest BCUT2D eigenvalue weighted by Gasteiger charge is 2.47. The molecule has 0 aliphatic carbocycles. The summed E-state index contributed by atoms with van der Waals surface area (Å²) in [6, 6.07) is 2.81. The van der Waals surface area contributed by atoms with E-state index in [0.717, 1.165) is 18.1 Å². The zero-order valence-electron chi connectivity index (χ0n) is 10.4. The summed E-state index contributed by atoms with van der Waals surface area (Å²) in [6.45, 7) is 9.64. The lowest BCUT2D eigenvalue weighted by molar-refractivity contribution is -0.0290. The van der Waals surface area contributed by atoms with E-state index in [1.165, 1.54) is 38.8 Å². The topological polar surface area (TPSA) is 6.48 Å². The van der Waals surface area contributed by atoms with E-state index in [1.807, 2.05) is 0 Å². The van der Waals surface area contributed by atoms with Crippen molar-refractivity contribution in [1.29, 1.82) is 0 Å². The minimum Gasteiger partial charge on any atom is -0.295 e. The fraction of sp³-hybridized carbons (Fsp3) is 1.00. The molecule has 3 aliphatic rings. The summed E-state index contributed by atoms with van der Waals surface area (Å²) in [4.78, 5) is 5.48. The Bertz CT molecular complexity index is 230. The summed E-state index contributed by atoms with van der Waals surface area (Å²) in [5.41, 5.74) is 0.384. The smallest absolute Gasteiger partial charge is 0.0356 e. The first-order valence-corrected chi connectivity index (χ1v) is 6.58. The van der Waals surface area contributed by atoms with Gasteiger partial charge in [-0.3, -0.25) is 9.80 Å². The molecule has 0 radical (unpaired) electrons. The first kappa shape index (κ1) is 10.1. The van der Waals surface area contributed by atoms with E-state index < -0.39 is 0 Å². The van der Waals surface area contributed by atoms with Gasteiger partial charge in [-0.05, 0) is 46.5 Å². The third-order valence-electron chi connectivity index (χ3n) is 4.74. The van der Waals surface area contributed by atoms with E-state index in [0.29, 0.717) is 5.54 Å². The first-order valence-electron chi connectivity index (χ1n) is 6.58. The van der Waals surface area contributed by atoms with Crippen LogP contribution in [0.15, 0.2) is 0 Å². The average molecular weight is 208 g/mol. The maximum Gasteiger partial charge on any atom is 0.0356 e. The maximum atomic E-state index is 2.86. The van der Waals surface area contributed by atoms with Gasteiger partial charge in [-0.25, -0.2) is 0 Å². The highest BCUT2D eigenvalue weighted by atomic mass is 15.4. The Balaban J connectivity index is 1.60. The number of nitrogens with zero attached hydrogens (tertiary/aromatic N) is 2. The molecule has 3 fully saturated rings. The lowest BCUT2D eigenvalue weighted by Gasteiger charge is -2.52. The van der Waals surface area contributed by atoms with Gasteiger partial charge in [0.05, 0.1) is 0 Å². The summed E-state index contributed by atoms with van der Waals surface area (Å²) >= 11 is 0. The summed E-state index contributed by atoms with van der Waals surface area (Å²) in [7, 11) is 0. The van der Waals surface area contributed by atoms with Crippen LogP contribution < -0.4 is 0 Å². The van der Waals surface area contributed by atoms with Gasteiger partial charge in [0.2, 0.25) is 0 Å². The van der Waals surface area contributed by atoms with Gasteiger partial charge >= 0.3 is 0 Å². The standard InChI is InChI=1S/C13H24N2/c1-13(2,3)14-8-12(9-14)15-10-4-5-11(15)7-6-10/h10-12H,4-9H2,1-3H3. The quantitative estimate of drug-likeness (QED) is 0.651. The molecule has 3 heterocycles. The van der Waals surface area contributed by atoms with Crippen molar-refractivity contribution in [2.45, 2.75) is 70.1 Å². The first-order chi connectivity index (χ1) is 7.05. The number of hydrogen-bond acceptors (Lipinski definition) is 2. The molecule has 0 atom stereocenters. The molecule has 3 saturated heterocycles. The molecule has 86 valence electrons. The zero-order chi connectivity index (χ0) is 10.6. The lowest BCUT2D eigenvalue weighted by atomic mass is 9.96. The van der Waals surface area contributed by atoms with Crippen molar-refractivity contribution in [2.24, 2.45) is 0 Å². The molecular formula is C13H24N2. The van der Waals surface area contributed by atoms with Crippen LogP contribution in [0.25, 0.3) is 0 Å². The maximum absolute atomic E-state index is 2.86. The monoisotopic (exact) mass is 208 g/mol. The normalized spacial score (nSPS) is 38.6. The van der Waals surface area contributed by atoms with E-state index in [1.54, 1.807) is 0 Å². The van der Waals surface area contributed by atoms with Gasteiger partial charge < -0.3 is 0 Å². The molecule has 0 aromatic heterocycles. The van der Waals surface area contributed by atoms with E-state index in [4.69, 9.17) is 0 Å². The van der Waals surface area contributed by atoms with E-state index in [2.05, 4.69) is 30.6 Å². The molecule has 0 aromatic rings. The van der Waals surface area contributed by atoms with Crippen LogP contribution in [0.3, 0.4) is 0 Å². The van der Waals surface area contributed by atoms with E-state index >= 15 is 0 Å². The van der Waals surface area contributed by atoms with Crippen molar-refractivity contribution >= 4 is 0 Å². The number of rotatable bonds is 1. The van der Waals surface area contributed by atoms with Crippen LogP contribution in [0.5, 0.6) is 0 Å². The number of hydrogen-bond donors (Lipinski definition) is 0. The average Bonchev–Trinajstić information content (AvgIpc) is 2.60. The fourth-order valence-electron chi connectivity index (χ4n) is 3.74. The van der Waals surface area contributed by atoms with Crippen LogP contribution in [0.2, 0.25) is 0 Å². The fourth-order valence-corrected chi connectivity index (χ4v) is 3.74. The molecular weight excluding hydrogens is 184 g/mol. The van der Waals surface area contributed by atoms with Gasteiger partial charge in [0.15, 0.2) is 0 Å². The Hall–Kier alpha value is -0.0800. The highest BCUT2D eigenvalue weighted by molar-refractivity contribution is 5.04. The van der Waals surface area contributed by atoms with Gasteiger partial charge in [-0.1, -0.05) is 0 Å². The second kappa shape index (κ2) is 3.21. The molecule has 15 heavy (non-hydrogen) atoms. The predicted molar refractivity (Wildman–Crippen MR) is 63.0 cm³/mol. The van der Waals surface area contributed by atoms with Crippen molar-refractivity contribution in [2.75, 3.05) is 13.1 Å². The molecule has 2 nitrogen and oxygen atoms in total. The predicted octanol–water partition coefficient (Wildman–Crippen LogP) is 2.10. The second-order valence-corrected chi connectivity index (χ2v) is 6.64.